The molecule has 0 bridgehead atoms. The lowest BCUT2D eigenvalue weighted by Crippen LogP contribution is -2.03. The molecular formula is C20H22O2S. The fourth-order valence-electron chi connectivity index (χ4n) is 2.93. The Morgan fingerprint density at radius 3 is 2.57 bits per heavy atom. The Hall–Kier alpha value is -1.84. The van der Waals surface area contributed by atoms with E-state index in [2.05, 4.69) is 54.1 Å². The predicted molar refractivity (Wildman–Crippen MR) is 98.6 cm³/mol. The van der Waals surface area contributed by atoms with Crippen molar-refractivity contribution < 1.29 is 9.47 Å². The molecular weight excluding hydrogens is 304 g/mol. The van der Waals surface area contributed by atoms with Crippen LogP contribution in [0, 0.1) is 0 Å². The predicted octanol–water partition coefficient (Wildman–Crippen LogP) is 5.55. The van der Waals surface area contributed by atoms with Crippen LogP contribution in [0.1, 0.15) is 18.9 Å². The maximum Gasteiger partial charge on any atom is 0.127 e. The van der Waals surface area contributed by atoms with Crippen molar-refractivity contribution in [2.75, 3.05) is 20.3 Å². The Kier molecular flexibility index (Phi) is 5.31. The Morgan fingerprint density at radius 1 is 1.04 bits per heavy atom. The number of benzene rings is 2. The van der Waals surface area contributed by atoms with Crippen molar-refractivity contribution >= 4 is 22.1 Å². The van der Waals surface area contributed by atoms with Crippen LogP contribution in [0.3, 0.4) is 0 Å². The third-order valence-corrected chi connectivity index (χ3v) is 4.71. The molecule has 3 aromatic rings. The number of ether oxygens (including phenoxy) is 2. The summed E-state index contributed by atoms with van der Waals surface area (Å²) >= 11 is 1.74. The Labute approximate surface area is 141 Å². The first-order chi connectivity index (χ1) is 11.3. The topological polar surface area (TPSA) is 18.5 Å². The zero-order chi connectivity index (χ0) is 16.1. The van der Waals surface area contributed by atoms with E-state index >= 15 is 0 Å². The van der Waals surface area contributed by atoms with E-state index in [1.807, 2.05) is 0 Å². The van der Waals surface area contributed by atoms with E-state index in [0.29, 0.717) is 6.61 Å². The smallest absolute Gasteiger partial charge is 0.127 e. The number of fused-ring (bicyclic) bond motifs is 1. The molecule has 1 heterocycles. The zero-order valence-corrected chi connectivity index (χ0v) is 14.5. The van der Waals surface area contributed by atoms with Crippen LogP contribution in [-0.4, -0.2) is 20.3 Å². The first-order valence-corrected chi connectivity index (χ1v) is 8.98. The van der Waals surface area contributed by atoms with E-state index in [-0.39, 0.29) is 0 Å². The molecule has 0 aliphatic rings. The van der Waals surface area contributed by atoms with Gasteiger partial charge in [0.2, 0.25) is 0 Å². The van der Waals surface area contributed by atoms with Crippen LogP contribution in [0.2, 0.25) is 0 Å². The minimum absolute atomic E-state index is 0.679. The summed E-state index contributed by atoms with van der Waals surface area (Å²) in [4.78, 5) is 0. The largest absolute Gasteiger partial charge is 0.493 e. The molecule has 2 aromatic carbocycles. The number of thiophene rings is 1. The van der Waals surface area contributed by atoms with Crippen LogP contribution in [-0.2, 0) is 11.2 Å². The molecule has 0 spiro atoms. The quantitative estimate of drug-likeness (QED) is 0.530. The molecule has 0 saturated heterocycles. The Morgan fingerprint density at radius 2 is 1.87 bits per heavy atom. The highest BCUT2D eigenvalue weighted by atomic mass is 32.1. The van der Waals surface area contributed by atoms with Crippen LogP contribution in [0.25, 0.3) is 21.9 Å². The zero-order valence-electron chi connectivity index (χ0n) is 13.7. The molecule has 0 unspecified atom stereocenters. The minimum Gasteiger partial charge on any atom is -0.493 e. The number of aryl methyl sites for hydroxylation is 1. The first kappa shape index (κ1) is 16.0. The van der Waals surface area contributed by atoms with Gasteiger partial charge in [0, 0.05) is 25.5 Å². The molecule has 0 aliphatic carbocycles. The van der Waals surface area contributed by atoms with Gasteiger partial charge >= 0.3 is 0 Å². The van der Waals surface area contributed by atoms with Crippen molar-refractivity contribution in [3.8, 4) is 16.9 Å². The molecule has 1 aromatic heterocycles. The van der Waals surface area contributed by atoms with E-state index in [9.17, 15) is 0 Å². The van der Waals surface area contributed by atoms with Crippen molar-refractivity contribution in [1.29, 1.82) is 0 Å². The van der Waals surface area contributed by atoms with Crippen molar-refractivity contribution in [1.82, 2.24) is 0 Å². The summed E-state index contributed by atoms with van der Waals surface area (Å²) in [5.74, 6) is 0.979. The molecule has 0 amide bonds. The van der Waals surface area contributed by atoms with Crippen LogP contribution in [0.15, 0.2) is 47.2 Å². The third-order valence-electron chi connectivity index (χ3n) is 4.03. The fourth-order valence-corrected chi connectivity index (χ4v) is 3.58. The van der Waals surface area contributed by atoms with Gasteiger partial charge in [-0.1, -0.05) is 31.2 Å². The molecule has 23 heavy (non-hydrogen) atoms. The molecule has 2 nitrogen and oxygen atoms in total. The molecule has 0 fully saturated rings. The SMILES string of the molecule is CCc1cc(OCCCOC)c2ccccc2c1-c1ccsc1. The van der Waals surface area contributed by atoms with Crippen LogP contribution in [0.5, 0.6) is 5.75 Å². The van der Waals surface area contributed by atoms with Gasteiger partial charge in [0.1, 0.15) is 5.75 Å². The molecule has 0 atom stereocenters. The number of methoxy groups -OCH3 is 1. The molecule has 3 heteroatoms. The number of hydrogen-bond acceptors (Lipinski definition) is 3. The van der Waals surface area contributed by atoms with Gasteiger partial charge in [0.15, 0.2) is 0 Å². The highest BCUT2D eigenvalue weighted by Gasteiger charge is 2.13. The molecule has 3 rings (SSSR count). The second-order valence-corrected chi connectivity index (χ2v) is 6.29. The summed E-state index contributed by atoms with van der Waals surface area (Å²) in [6, 6.07) is 12.9. The van der Waals surface area contributed by atoms with Crippen molar-refractivity contribution in [3.63, 3.8) is 0 Å². The number of hydrogen-bond donors (Lipinski definition) is 0. The van der Waals surface area contributed by atoms with Gasteiger partial charge in [-0.15, -0.1) is 0 Å². The van der Waals surface area contributed by atoms with Gasteiger partial charge in [0.05, 0.1) is 6.61 Å². The molecule has 0 saturated carbocycles. The number of rotatable bonds is 7. The summed E-state index contributed by atoms with van der Waals surface area (Å²) in [7, 11) is 1.72. The van der Waals surface area contributed by atoms with E-state index < -0.39 is 0 Å². The summed E-state index contributed by atoms with van der Waals surface area (Å²) in [5, 5.41) is 6.81. The van der Waals surface area contributed by atoms with Gasteiger partial charge in [-0.2, -0.15) is 11.3 Å². The van der Waals surface area contributed by atoms with Crippen molar-refractivity contribution in [2.24, 2.45) is 0 Å². The van der Waals surface area contributed by atoms with E-state index in [1.54, 1.807) is 18.4 Å². The summed E-state index contributed by atoms with van der Waals surface area (Å²) in [5.41, 5.74) is 3.98. The van der Waals surface area contributed by atoms with Crippen molar-refractivity contribution in [3.05, 3.63) is 52.7 Å². The Bertz CT molecular complexity index is 763. The van der Waals surface area contributed by atoms with Gasteiger partial charge in [-0.25, -0.2) is 0 Å². The van der Waals surface area contributed by atoms with Gasteiger partial charge < -0.3 is 9.47 Å². The summed E-state index contributed by atoms with van der Waals surface area (Å²) in [6.07, 6.45) is 1.89. The molecule has 120 valence electrons. The second kappa shape index (κ2) is 7.62. The minimum atomic E-state index is 0.679. The summed E-state index contributed by atoms with van der Waals surface area (Å²) < 4.78 is 11.2. The standard InChI is InChI=1S/C20H22O2S/c1-3-15-13-19(22-11-6-10-21-2)17-7-4-5-8-18(17)20(15)16-9-12-23-14-16/h4-5,7-9,12-14H,3,6,10-11H2,1-2H3. The molecule has 0 radical (unpaired) electrons. The lowest BCUT2D eigenvalue weighted by atomic mass is 9.93. The normalized spacial score (nSPS) is 11.0. The van der Waals surface area contributed by atoms with Crippen LogP contribution >= 0.6 is 11.3 Å². The second-order valence-electron chi connectivity index (χ2n) is 5.51. The maximum absolute atomic E-state index is 6.06. The van der Waals surface area contributed by atoms with E-state index in [0.717, 1.165) is 25.2 Å². The van der Waals surface area contributed by atoms with Crippen LogP contribution in [0.4, 0.5) is 0 Å². The monoisotopic (exact) mass is 326 g/mol. The third kappa shape index (κ3) is 3.41. The average Bonchev–Trinajstić information content (AvgIpc) is 3.12. The summed E-state index contributed by atoms with van der Waals surface area (Å²) in [6.45, 7) is 3.61. The Balaban J connectivity index is 2.07. The van der Waals surface area contributed by atoms with Gasteiger partial charge in [-0.3, -0.25) is 0 Å². The lowest BCUT2D eigenvalue weighted by molar-refractivity contribution is 0.172. The van der Waals surface area contributed by atoms with Crippen LogP contribution < -0.4 is 4.74 Å². The average molecular weight is 326 g/mol. The van der Waals surface area contributed by atoms with E-state index in [1.165, 1.54) is 27.5 Å². The van der Waals surface area contributed by atoms with Crippen molar-refractivity contribution in [2.45, 2.75) is 19.8 Å². The van der Waals surface area contributed by atoms with Gasteiger partial charge in [-0.05, 0) is 51.4 Å². The first-order valence-electron chi connectivity index (χ1n) is 8.04. The molecule has 0 N–H and O–H groups in total. The highest BCUT2D eigenvalue weighted by molar-refractivity contribution is 7.08. The highest BCUT2D eigenvalue weighted by Crippen LogP contribution is 2.38. The fraction of sp³-hybridized carbons (Fsp3) is 0.300. The molecule has 0 aliphatic heterocycles. The maximum atomic E-state index is 6.06. The lowest BCUT2D eigenvalue weighted by Gasteiger charge is -2.16. The van der Waals surface area contributed by atoms with Gasteiger partial charge in [0.25, 0.3) is 0 Å². The van der Waals surface area contributed by atoms with E-state index in [4.69, 9.17) is 9.47 Å².